The van der Waals surface area contributed by atoms with Gasteiger partial charge in [0.25, 0.3) is 0 Å². The highest BCUT2D eigenvalue weighted by atomic mass is 32.1. The number of hydrogen-bond acceptors (Lipinski definition) is 6. The zero-order chi connectivity index (χ0) is 24.4. The first-order valence-electron chi connectivity index (χ1n) is 10.8. The molecule has 0 radical (unpaired) electrons. The second kappa shape index (κ2) is 9.31. The third-order valence-electron chi connectivity index (χ3n) is 4.79. The number of hydrogen-bond donors (Lipinski definition) is 3. The van der Waals surface area contributed by atoms with E-state index >= 15 is 0 Å². The summed E-state index contributed by atoms with van der Waals surface area (Å²) in [5.74, 6) is 0.549. The van der Waals surface area contributed by atoms with Gasteiger partial charge in [0.05, 0.1) is 10.6 Å². The number of aromatic nitrogens is 2. The predicted octanol–water partition coefficient (Wildman–Crippen LogP) is 6.23. The van der Waals surface area contributed by atoms with Gasteiger partial charge in [0.15, 0.2) is 5.13 Å². The van der Waals surface area contributed by atoms with Crippen molar-refractivity contribution in [2.75, 3.05) is 16.0 Å². The molecule has 2 heterocycles. The fraction of sp³-hybridized carbons (Fsp3) is 0.360. The first-order chi connectivity index (χ1) is 15.3. The fourth-order valence-electron chi connectivity index (χ4n) is 2.78. The molecule has 3 rings (SSSR count). The van der Waals surface area contributed by atoms with Crippen LogP contribution in [-0.2, 0) is 9.59 Å². The number of amides is 2. The SMILES string of the molecule is Cc1nc(NC(=O)C(C)(C)C)sc1-c1ccnc(Nc2cccc(NC(=O)C(C)(C)C)c2)c1. The van der Waals surface area contributed by atoms with Gasteiger partial charge in [0.1, 0.15) is 5.82 Å². The van der Waals surface area contributed by atoms with Gasteiger partial charge in [-0.1, -0.05) is 58.9 Å². The molecule has 0 bridgehead atoms. The maximum Gasteiger partial charge on any atom is 0.231 e. The van der Waals surface area contributed by atoms with Gasteiger partial charge in [-0.25, -0.2) is 9.97 Å². The normalized spacial score (nSPS) is 11.7. The summed E-state index contributed by atoms with van der Waals surface area (Å²) in [7, 11) is 0. The van der Waals surface area contributed by atoms with Crippen LogP contribution >= 0.6 is 11.3 Å². The lowest BCUT2D eigenvalue weighted by Crippen LogP contribution is -2.27. The van der Waals surface area contributed by atoms with E-state index in [1.54, 1.807) is 6.20 Å². The van der Waals surface area contributed by atoms with Crippen molar-refractivity contribution in [1.29, 1.82) is 0 Å². The molecule has 3 aromatic rings. The van der Waals surface area contributed by atoms with E-state index in [0.29, 0.717) is 16.6 Å². The Bertz CT molecular complexity index is 1170. The minimum Gasteiger partial charge on any atom is -0.340 e. The van der Waals surface area contributed by atoms with Gasteiger partial charge < -0.3 is 16.0 Å². The number of aryl methyl sites for hydroxylation is 1. The van der Waals surface area contributed by atoms with E-state index in [0.717, 1.165) is 21.8 Å². The molecule has 8 heteroatoms. The monoisotopic (exact) mass is 465 g/mol. The number of thiazole rings is 1. The van der Waals surface area contributed by atoms with Gasteiger partial charge in [0, 0.05) is 28.4 Å². The zero-order valence-electron chi connectivity index (χ0n) is 20.2. The predicted molar refractivity (Wildman–Crippen MR) is 136 cm³/mol. The van der Waals surface area contributed by atoms with Crippen LogP contribution in [0.25, 0.3) is 10.4 Å². The number of nitrogens with one attached hydrogen (secondary N) is 3. The van der Waals surface area contributed by atoms with Crippen molar-refractivity contribution >= 4 is 45.5 Å². The van der Waals surface area contributed by atoms with E-state index in [1.165, 1.54) is 11.3 Å². The standard InChI is InChI=1S/C25H31N5O2S/c1-15-20(33-23(27-15)30-22(32)25(5,6)7)16-11-12-26-19(13-16)28-17-9-8-10-18(14-17)29-21(31)24(2,3)4/h8-14H,1-7H3,(H,26,28)(H,29,31)(H,27,30,32). The molecule has 174 valence electrons. The van der Waals surface area contributed by atoms with Crippen LogP contribution in [0.3, 0.4) is 0 Å². The molecule has 0 unspecified atom stereocenters. The number of carbonyl (C=O) groups is 2. The van der Waals surface area contributed by atoms with Crippen molar-refractivity contribution in [3.8, 4) is 10.4 Å². The van der Waals surface area contributed by atoms with Crippen LogP contribution in [0.2, 0.25) is 0 Å². The van der Waals surface area contributed by atoms with Crippen LogP contribution < -0.4 is 16.0 Å². The molecule has 7 nitrogen and oxygen atoms in total. The molecule has 2 amide bonds. The molecule has 0 fully saturated rings. The van der Waals surface area contributed by atoms with E-state index < -0.39 is 10.8 Å². The number of anilines is 4. The second-order valence-electron chi connectivity index (χ2n) is 9.98. The van der Waals surface area contributed by atoms with Crippen molar-refractivity contribution in [3.05, 3.63) is 48.3 Å². The highest BCUT2D eigenvalue weighted by Crippen LogP contribution is 2.34. The summed E-state index contributed by atoms with van der Waals surface area (Å²) in [5.41, 5.74) is 2.36. The van der Waals surface area contributed by atoms with Crippen LogP contribution in [0.4, 0.5) is 22.3 Å². The number of benzene rings is 1. The lowest BCUT2D eigenvalue weighted by Gasteiger charge is -2.18. The molecule has 1 aromatic carbocycles. The average molecular weight is 466 g/mol. The molecule has 33 heavy (non-hydrogen) atoms. The van der Waals surface area contributed by atoms with Crippen LogP contribution in [0.1, 0.15) is 47.2 Å². The molecule has 0 aliphatic carbocycles. The molecule has 0 aliphatic heterocycles. The second-order valence-corrected chi connectivity index (χ2v) is 11.0. The summed E-state index contributed by atoms with van der Waals surface area (Å²) < 4.78 is 0. The average Bonchev–Trinajstić information content (AvgIpc) is 3.07. The topological polar surface area (TPSA) is 96.0 Å². The van der Waals surface area contributed by atoms with Crippen molar-refractivity contribution in [1.82, 2.24) is 9.97 Å². The number of carbonyl (C=O) groups excluding carboxylic acids is 2. The molecule has 0 atom stereocenters. The molecule has 0 saturated heterocycles. The first kappa shape index (κ1) is 24.4. The fourth-order valence-corrected chi connectivity index (χ4v) is 3.74. The third kappa shape index (κ3) is 6.38. The lowest BCUT2D eigenvalue weighted by atomic mass is 9.95. The molecule has 0 spiro atoms. The van der Waals surface area contributed by atoms with Crippen molar-refractivity contribution in [3.63, 3.8) is 0 Å². The summed E-state index contributed by atoms with van der Waals surface area (Å²) in [4.78, 5) is 34.5. The molecule has 2 aromatic heterocycles. The highest BCUT2D eigenvalue weighted by molar-refractivity contribution is 7.19. The lowest BCUT2D eigenvalue weighted by molar-refractivity contribution is -0.123. The van der Waals surface area contributed by atoms with Crippen LogP contribution in [0, 0.1) is 17.8 Å². The maximum absolute atomic E-state index is 12.3. The largest absolute Gasteiger partial charge is 0.340 e. The molecular formula is C25H31N5O2S. The summed E-state index contributed by atoms with van der Waals surface area (Å²) in [6.07, 6.45) is 1.73. The van der Waals surface area contributed by atoms with E-state index in [-0.39, 0.29) is 11.8 Å². The molecular weight excluding hydrogens is 434 g/mol. The molecule has 0 saturated carbocycles. The Morgan fingerprint density at radius 1 is 0.879 bits per heavy atom. The molecule has 3 N–H and O–H groups in total. The highest BCUT2D eigenvalue weighted by Gasteiger charge is 2.23. The van der Waals surface area contributed by atoms with Gasteiger partial charge in [-0.2, -0.15) is 0 Å². The Labute approximate surface area is 199 Å². The van der Waals surface area contributed by atoms with E-state index in [2.05, 4.69) is 25.9 Å². The van der Waals surface area contributed by atoms with Gasteiger partial charge in [-0.3, -0.25) is 9.59 Å². The number of nitrogens with zero attached hydrogens (tertiary/aromatic N) is 2. The van der Waals surface area contributed by atoms with E-state index in [1.807, 2.05) is 84.9 Å². The quantitative estimate of drug-likeness (QED) is 0.415. The summed E-state index contributed by atoms with van der Waals surface area (Å²) in [6, 6.07) is 11.4. The van der Waals surface area contributed by atoms with Crippen molar-refractivity contribution < 1.29 is 9.59 Å². The molecule has 0 aliphatic rings. The number of pyridine rings is 1. The third-order valence-corrected chi connectivity index (χ3v) is 5.92. The Morgan fingerprint density at radius 3 is 2.18 bits per heavy atom. The van der Waals surface area contributed by atoms with Gasteiger partial charge in [-0.15, -0.1) is 0 Å². The Morgan fingerprint density at radius 2 is 1.52 bits per heavy atom. The van der Waals surface area contributed by atoms with Gasteiger partial charge >= 0.3 is 0 Å². The smallest absolute Gasteiger partial charge is 0.231 e. The first-order valence-corrected chi connectivity index (χ1v) is 11.6. The van der Waals surface area contributed by atoms with Crippen LogP contribution in [0.5, 0.6) is 0 Å². The Balaban J connectivity index is 1.78. The number of rotatable bonds is 5. The summed E-state index contributed by atoms with van der Waals surface area (Å²) in [5, 5.41) is 9.72. The minimum atomic E-state index is -0.492. The van der Waals surface area contributed by atoms with E-state index in [9.17, 15) is 9.59 Å². The van der Waals surface area contributed by atoms with Gasteiger partial charge in [-0.05, 0) is 42.8 Å². The van der Waals surface area contributed by atoms with Crippen LogP contribution in [0.15, 0.2) is 42.6 Å². The Kier molecular flexibility index (Phi) is 6.88. The zero-order valence-corrected chi connectivity index (χ0v) is 21.0. The summed E-state index contributed by atoms with van der Waals surface area (Å²) >= 11 is 1.44. The van der Waals surface area contributed by atoms with Gasteiger partial charge in [0.2, 0.25) is 11.8 Å². The van der Waals surface area contributed by atoms with Crippen molar-refractivity contribution in [2.24, 2.45) is 10.8 Å². The van der Waals surface area contributed by atoms with Crippen molar-refractivity contribution in [2.45, 2.75) is 48.5 Å². The Hall–Kier alpha value is -3.26. The minimum absolute atomic E-state index is 0.0465. The van der Waals surface area contributed by atoms with E-state index in [4.69, 9.17) is 0 Å². The van der Waals surface area contributed by atoms with Crippen LogP contribution in [-0.4, -0.2) is 21.8 Å². The maximum atomic E-state index is 12.3. The summed E-state index contributed by atoms with van der Waals surface area (Å²) in [6.45, 7) is 13.2.